The lowest BCUT2D eigenvalue weighted by molar-refractivity contribution is 0.0954. The number of H-pyrrole nitrogens is 1. The fourth-order valence-electron chi connectivity index (χ4n) is 3.08. The van der Waals surface area contributed by atoms with Crippen LogP contribution in [-0.2, 0) is 17.7 Å². The van der Waals surface area contributed by atoms with E-state index in [-0.39, 0.29) is 17.3 Å². The first-order valence-electron chi connectivity index (χ1n) is 9.28. The minimum atomic E-state index is -0.300. The molecule has 2 aromatic carbocycles. The van der Waals surface area contributed by atoms with Gasteiger partial charge in [-0.15, -0.1) is 0 Å². The summed E-state index contributed by atoms with van der Waals surface area (Å²) >= 11 is 5.30. The number of rotatable bonds is 8. The second kappa shape index (κ2) is 9.58. The number of fused-ring (bicyclic) bond motifs is 1. The highest BCUT2D eigenvalue weighted by atomic mass is 32.1. The number of aromatic amines is 1. The van der Waals surface area contributed by atoms with Crippen LogP contribution in [0.3, 0.4) is 0 Å². The van der Waals surface area contributed by atoms with Gasteiger partial charge in [0.1, 0.15) is 5.82 Å². The van der Waals surface area contributed by atoms with Gasteiger partial charge in [0.15, 0.2) is 4.77 Å². The maximum Gasteiger partial charge on any atom is 0.262 e. The number of carbonyl (C=O) groups is 1. The normalized spacial score (nSPS) is 11.0. The second-order valence-electron chi connectivity index (χ2n) is 6.63. The number of aromatic nitrogens is 2. The zero-order valence-corrected chi connectivity index (χ0v) is 16.9. The molecule has 0 spiro atoms. The highest BCUT2D eigenvalue weighted by Crippen LogP contribution is 2.11. The Hall–Kier alpha value is -2.84. The topological polar surface area (TPSA) is 76.1 Å². The van der Waals surface area contributed by atoms with E-state index in [1.54, 1.807) is 31.4 Å². The fraction of sp³-hybridized carbons (Fsp3) is 0.286. The van der Waals surface area contributed by atoms with Crippen molar-refractivity contribution in [3.63, 3.8) is 0 Å². The third-order valence-electron chi connectivity index (χ3n) is 4.56. The Morgan fingerprint density at radius 1 is 1.28 bits per heavy atom. The molecule has 1 aromatic heterocycles. The smallest absolute Gasteiger partial charge is 0.262 e. The molecule has 1 heterocycles. The number of nitrogens with zero attached hydrogens (tertiary/aromatic N) is 1. The van der Waals surface area contributed by atoms with Gasteiger partial charge in [-0.3, -0.25) is 14.2 Å². The summed E-state index contributed by atoms with van der Waals surface area (Å²) < 4.78 is 20.0. The first kappa shape index (κ1) is 20.9. The van der Waals surface area contributed by atoms with Crippen LogP contribution < -0.4 is 10.9 Å². The van der Waals surface area contributed by atoms with E-state index in [9.17, 15) is 14.0 Å². The van der Waals surface area contributed by atoms with E-state index < -0.39 is 0 Å². The van der Waals surface area contributed by atoms with E-state index in [0.717, 1.165) is 5.56 Å². The van der Waals surface area contributed by atoms with Crippen molar-refractivity contribution in [3.05, 3.63) is 74.5 Å². The van der Waals surface area contributed by atoms with E-state index in [1.807, 2.05) is 6.07 Å². The molecular weight excluding hydrogens is 393 g/mol. The van der Waals surface area contributed by atoms with Crippen LogP contribution >= 0.6 is 12.2 Å². The third-order valence-corrected chi connectivity index (χ3v) is 4.88. The van der Waals surface area contributed by atoms with Gasteiger partial charge in [0.2, 0.25) is 0 Å². The molecule has 0 aliphatic rings. The van der Waals surface area contributed by atoms with Gasteiger partial charge in [-0.05, 0) is 61.0 Å². The predicted molar refractivity (Wildman–Crippen MR) is 112 cm³/mol. The molecule has 3 rings (SSSR count). The van der Waals surface area contributed by atoms with Crippen LogP contribution in [0.1, 0.15) is 22.3 Å². The lowest BCUT2D eigenvalue weighted by Gasteiger charge is -2.09. The SMILES string of the molecule is COCCCn1c(=S)[nH]c2cc(C(=O)NCCc3cccc(F)c3)ccc2c1=O. The second-order valence-corrected chi connectivity index (χ2v) is 7.02. The first-order valence-corrected chi connectivity index (χ1v) is 9.69. The van der Waals surface area contributed by atoms with Crippen molar-refractivity contribution in [2.75, 3.05) is 20.3 Å². The molecule has 0 unspecified atom stereocenters. The summed E-state index contributed by atoms with van der Waals surface area (Å²) in [4.78, 5) is 28.1. The van der Waals surface area contributed by atoms with Gasteiger partial charge in [0, 0.05) is 32.4 Å². The molecule has 0 saturated heterocycles. The summed E-state index contributed by atoms with van der Waals surface area (Å²) in [6.45, 7) is 1.37. The minimum absolute atomic E-state index is 0.196. The van der Waals surface area contributed by atoms with Crippen LogP contribution in [0.15, 0.2) is 47.3 Å². The van der Waals surface area contributed by atoms with Crippen LogP contribution in [0.5, 0.6) is 0 Å². The summed E-state index contributed by atoms with van der Waals surface area (Å²) in [6.07, 6.45) is 1.19. The van der Waals surface area contributed by atoms with Gasteiger partial charge in [0.05, 0.1) is 10.9 Å². The lowest BCUT2D eigenvalue weighted by atomic mass is 10.1. The Morgan fingerprint density at radius 2 is 2.10 bits per heavy atom. The zero-order chi connectivity index (χ0) is 20.8. The molecule has 3 aromatic rings. The van der Waals surface area contributed by atoms with Crippen molar-refractivity contribution in [2.45, 2.75) is 19.4 Å². The summed E-state index contributed by atoms with van der Waals surface area (Å²) in [5.74, 6) is -0.571. The number of hydrogen-bond donors (Lipinski definition) is 2. The van der Waals surface area contributed by atoms with Crippen LogP contribution in [0.2, 0.25) is 0 Å². The van der Waals surface area contributed by atoms with Crippen LogP contribution in [-0.4, -0.2) is 35.7 Å². The Kier molecular flexibility index (Phi) is 6.90. The average molecular weight is 415 g/mol. The third kappa shape index (κ3) is 5.16. The van der Waals surface area contributed by atoms with Crippen LogP contribution in [0.25, 0.3) is 10.9 Å². The van der Waals surface area contributed by atoms with Crippen LogP contribution in [0, 0.1) is 10.6 Å². The standard InChI is InChI=1S/C21H22FN3O3S/c1-28-11-3-10-25-20(27)17-7-6-15(13-18(17)24-21(25)29)19(26)23-9-8-14-4-2-5-16(22)12-14/h2,4-7,12-13H,3,8-11H2,1H3,(H,23,26)(H,24,29). The maximum absolute atomic E-state index is 13.2. The summed E-state index contributed by atoms with van der Waals surface area (Å²) in [5, 5.41) is 3.27. The largest absolute Gasteiger partial charge is 0.385 e. The predicted octanol–water partition coefficient (Wildman–Crippen LogP) is 3.21. The Morgan fingerprint density at radius 3 is 2.86 bits per heavy atom. The van der Waals surface area contributed by atoms with Gasteiger partial charge in [-0.1, -0.05) is 12.1 Å². The van der Waals surface area contributed by atoms with Crippen molar-refractivity contribution in [1.82, 2.24) is 14.9 Å². The molecule has 0 aliphatic carbocycles. The van der Waals surface area contributed by atoms with Gasteiger partial charge in [0.25, 0.3) is 11.5 Å². The Labute approximate surface area is 172 Å². The molecule has 1 amide bonds. The molecule has 152 valence electrons. The van der Waals surface area contributed by atoms with Gasteiger partial charge < -0.3 is 15.0 Å². The molecule has 0 radical (unpaired) electrons. The quantitative estimate of drug-likeness (QED) is 0.438. The van der Waals surface area contributed by atoms with E-state index in [1.165, 1.54) is 16.7 Å². The fourth-order valence-corrected chi connectivity index (χ4v) is 3.36. The van der Waals surface area contributed by atoms with E-state index in [4.69, 9.17) is 17.0 Å². The van der Waals surface area contributed by atoms with Crippen molar-refractivity contribution >= 4 is 29.0 Å². The van der Waals surface area contributed by atoms with Crippen LogP contribution in [0.4, 0.5) is 4.39 Å². The van der Waals surface area contributed by atoms with Gasteiger partial charge >= 0.3 is 0 Å². The number of amides is 1. The molecule has 29 heavy (non-hydrogen) atoms. The highest BCUT2D eigenvalue weighted by molar-refractivity contribution is 7.71. The molecule has 0 saturated carbocycles. The number of nitrogens with one attached hydrogen (secondary N) is 2. The first-order chi connectivity index (χ1) is 14.0. The summed E-state index contributed by atoms with van der Waals surface area (Å²) in [7, 11) is 1.61. The number of hydrogen-bond acceptors (Lipinski definition) is 4. The average Bonchev–Trinajstić information content (AvgIpc) is 2.70. The van der Waals surface area contributed by atoms with Gasteiger partial charge in [-0.25, -0.2) is 4.39 Å². The van der Waals surface area contributed by atoms with Crippen molar-refractivity contribution < 1.29 is 13.9 Å². The molecular formula is C21H22FN3O3S. The van der Waals surface area contributed by atoms with Gasteiger partial charge in [-0.2, -0.15) is 0 Å². The number of methoxy groups -OCH3 is 1. The number of ether oxygens (including phenoxy) is 1. The minimum Gasteiger partial charge on any atom is -0.385 e. The van der Waals surface area contributed by atoms with E-state index in [2.05, 4.69) is 10.3 Å². The maximum atomic E-state index is 13.2. The summed E-state index contributed by atoms with van der Waals surface area (Å²) in [6, 6.07) is 11.1. The van der Waals surface area contributed by atoms with E-state index in [0.29, 0.717) is 53.8 Å². The summed E-state index contributed by atoms with van der Waals surface area (Å²) in [5.41, 5.74) is 1.54. The Bertz CT molecular complexity index is 1140. The molecule has 6 nitrogen and oxygen atoms in total. The Balaban J connectivity index is 1.73. The number of halogens is 1. The molecule has 2 N–H and O–H groups in total. The zero-order valence-electron chi connectivity index (χ0n) is 16.0. The van der Waals surface area contributed by atoms with Crippen molar-refractivity contribution in [2.24, 2.45) is 0 Å². The molecule has 0 bridgehead atoms. The number of benzene rings is 2. The molecule has 0 fully saturated rings. The van der Waals surface area contributed by atoms with E-state index >= 15 is 0 Å². The molecule has 8 heteroatoms. The number of carbonyl (C=O) groups excluding carboxylic acids is 1. The van der Waals surface area contributed by atoms with Crippen molar-refractivity contribution in [3.8, 4) is 0 Å². The monoisotopic (exact) mass is 415 g/mol. The molecule has 0 atom stereocenters. The lowest BCUT2D eigenvalue weighted by Crippen LogP contribution is -2.26. The highest BCUT2D eigenvalue weighted by Gasteiger charge is 2.10. The van der Waals surface area contributed by atoms with Crippen molar-refractivity contribution in [1.29, 1.82) is 0 Å². The molecule has 0 aliphatic heterocycles.